The molecular formula is C21H42N2. The van der Waals surface area contributed by atoms with Crippen molar-refractivity contribution in [1.82, 2.24) is 0 Å². The van der Waals surface area contributed by atoms with Crippen LogP contribution >= 0.6 is 0 Å². The third kappa shape index (κ3) is 6.38. The largest absolute Gasteiger partial charge is 0.330 e. The van der Waals surface area contributed by atoms with E-state index in [9.17, 15) is 0 Å². The van der Waals surface area contributed by atoms with E-state index >= 15 is 0 Å². The van der Waals surface area contributed by atoms with Gasteiger partial charge < -0.3 is 11.5 Å². The summed E-state index contributed by atoms with van der Waals surface area (Å²) in [6.07, 6.45) is 16.9. The number of hydrogen-bond acceptors (Lipinski definition) is 2. The molecule has 0 aromatic carbocycles. The Labute approximate surface area is 145 Å². The van der Waals surface area contributed by atoms with Crippen molar-refractivity contribution >= 4 is 0 Å². The van der Waals surface area contributed by atoms with Crippen LogP contribution in [-0.4, -0.2) is 13.1 Å². The highest BCUT2D eigenvalue weighted by molar-refractivity contribution is 4.84. The molecular weight excluding hydrogens is 280 g/mol. The molecule has 2 heteroatoms. The molecule has 23 heavy (non-hydrogen) atoms. The molecule has 2 rings (SSSR count). The Morgan fingerprint density at radius 1 is 0.957 bits per heavy atom. The van der Waals surface area contributed by atoms with Gasteiger partial charge in [0, 0.05) is 0 Å². The summed E-state index contributed by atoms with van der Waals surface area (Å²) in [6, 6.07) is 0. The van der Waals surface area contributed by atoms with Gasteiger partial charge in [-0.05, 0) is 80.7 Å². The molecule has 0 aliphatic heterocycles. The third-order valence-electron chi connectivity index (χ3n) is 6.95. The molecule has 0 radical (unpaired) electrons. The molecule has 2 aliphatic carbocycles. The monoisotopic (exact) mass is 322 g/mol. The molecule has 0 aromatic rings. The van der Waals surface area contributed by atoms with Gasteiger partial charge in [-0.25, -0.2) is 0 Å². The molecule has 0 aromatic heterocycles. The lowest BCUT2D eigenvalue weighted by molar-refractivity contribution is 0.193. The van der Waals surface area contributed by atoms with Gasteiger partial charge in [-0.1, -0.05) is 52.4 Å². The molecule has 4 N–H and O–H groups in total. The Bertz CT molecular complexity index is 328. The van der Waals surface area contributed by atoms with Crippen LogP contribution in [0.4, 0.5) is 0 Å². The highest BCUT2D eigenvalue weighted by Gasteiger charge is 2.32. The van der Waals surface area contributed by atoms with Crippen LogP contribution in [-0.2, 0) is 0 Å². The average Bonchev–Trinajstić information content (AvgIpc) is 2.67. The molecule has 2 fully saturated rings. The highest BCUT2D eigenvalue weighted by atomic mass is 14.6. The van der Waals surface area contributed by atoms with E-state index in [-0.39, 0.29) is 0 Å². The van der Waals surface area contributed by atoms with Crippen LogP contribution in [0, 0.1) is 29.1 Å². The lowest BCUT2D eigenvalue weighted by Crippen LogP contribution is -2.24. The van der Waals surface area contributed by atoms with Gasteiger partial charge in [-0.3, -0.25) is 0 Å². The quantitative estimate of drug-likeness (QED) is 0.640. The van der Waals surface area contributed by atoms with E-state index in [4.69, 9.17) is 11.5 Å². The van der Waals surface area contributed by atoms with Crippen LogP contribution in [0.1, 0.15) is 90.9 Å². The van der Waals surface area contributed by atoms with Gasteiger partial charge in [0.05, 0.1) is 0 Å². The molecule has 2 aliphatic rings. The van der Waals surface area contributed by atoms with Crippen molar-refractivity contribution in [3.8, 4) is 0 Å². The fourth-order valence-electron chi connectivity index (χ4n) is 5.55. The van der Waals surface area contributed by atoms with Gasteiger partial charge in [0.25, 0.3) is 0 Å². The van der Waals surface area contributed by atoms with Crippen molar-refractivity contribution in [3.05, 3.63) is 0 Å². The van der Waals surface area contributed by atoms with Gasteiger partial charge in [0.15, 0.2) is 0 Å². The summed E-state index contributed by atoms with van der Waals surface area (Å²) in [6.45, 7) is 6.75. The van der Waals surface area contributed by atoms with Gasteiger partial charge >= 0.3 is 0 Å². The standard InChI is InChI=1S/C21H42N2/c1-17-8-11-21(2,15-20(13-17)16-23)10-4-7-18-5-3-6-19(14-18)9-12-22/h17-20H,3-16,22-23H2,1-2H3. The molecule has 0 heterocycles. The van der Waals surface area contributed by atoms with Crippen molar-refractivity contribution in [3.63, 3.8) is 0 Å². The summed E-state index contributed by atoms with van der Waals surface area (Å²) < 4.78 is 0. The summed E-state index contributed by atoms with van der Waals surface area (Å²) in [7, 11) is 0. The smallest absolute Gasteiger partial charge is 0.00486 e. The normalized spacial score (nSPS) is 39.1. The van der Waals surface area contributed by atoms with Gasteiger partial charge in [0.2, 0.25) is 0 Å². The van der Waals surface area contributed by atoms with Crippen LogP contribution in [0.5, 0.6) is 0 Å². The van der Waals surface area contributed by atoms with E-state index in [1.165, 1.54) is 77.0 Å². The topological polar surface area (TPSA) is 52.0 Å². The minimum Gasteiger partial charge on any atom is -0.330 e. The van der Waals surface area contributed by atoms with Crippen LogP contribution in [0.25, 0.3) is 0 Å². The fraction of sp³-hybridized carbons (Fsp3) is 1.00. The minimum atomic E-state index is 0.556. The first-order valence-electron chi connectivity index (χ1n) is 10.4. The van der Waals surface area contributed by atoms with Crippen molar-refractivity contribution in [2.75, 3.05) is 13.1 Å². The summed E-state index contributed by atoms with van der Waals surface area (Å²) in [4.78, 5) is 0. The second-order valence-corrected chi connectivity index (χ2v) is 9.36. The van der Waals surface area contributed by atoms with Gasteiger partial charge in [-0.2, -0.15) is 0 Å². The molecule has 2 nitrogen and oxygen atoms in total. The molecule has 0 amide bonds. The van der Waals surface area contributed by atoms with E-state index in [1.54, 1.807) is 0 Å². The summed E-state index contributed by atoms with van der Waals surface area (Å²) in [5.41, 5.74) is 12.4. The van der Waals surface area contributed by atoms with E-state index in [0.29, 0.717) is 5.41 Å². The lowest BCUT2D eigenvalue weighted by atomic mass is 9.73. The van der Waals surface area contributed by atoms with E-state index in [2.05, 4.69) is 13.8 Å². The molecule has 0 bridgehead atoms. The van der Waals surface area contributed by atoms with Crippen molar-refractivity contribution in [2.24, 2.45) is 40.6 Å². The zero-order valence-corrected chi connectivity index (χ0v) is 15.9. The fourth-order valence-corrected chi connectivity index (χ4v) is 5.55. The van der Waals surface area contributed by atoms with E-state index in [1.807, 2.05) is 0 Å². The summed E-state index contributed by atoms with van der Waals surface area (Å²) in [5.74, 6) is 3.55. The molecule has 5 atom stereocenters. The maximum Gasteiger partial charge on any atom is -0.00486 e. The molecule has 136 valence electrons. The Hall–Kier alpha value is -0.0800. The van der Waals surface area contributed by atoms with Crippen molar-refractivity contribution < 1.29 is 0 Å². The summed E-state index contributed by atoms with van der Waals surface area (Å²) >= 11 is 0. The first-order chi connectivity index (χ1) is 11.0. The Kier molecular flexibility index (Phi) is 7.88. The summed E-state index contributed by atoms with van der Waals surface area (Å²) in [5, 5.41) is 0. The first kappa shape index (κ1) is 19.2. The zero-order valence-electron chi connectivity index (χ0n) is 15.9. The Morgan fingerprint density at radius 2 is 1.70 bits per heavy atom. The predicted octanol–water partition coefficient (Wildman–Crippen LogP) is 5.10. The predicted molar refractivity (Wildman–Crippen MR) is 101 cm³/mol. The molecule has 2 saturated carbocycles. The second-order valence-electron chi connectivity index (χ2n) is 9.36. The molecule has 0 spiro atoms. The number of hydrogen-bond donors (Lipinski definition) is 2. The number of nitrogens with two attached hydrogens (primary N) is 2. The number of rotatable bonds is 7. The Balaban J connectivity index is 1.75. The highest BCUT2D eigenvalue weighted by Crippen LogP contribution is 2.43. The van der Waals surface area contributed by atoms with Crippen LogP contribution < -0.4 is 11.5 Å². The molecule has 0 saturated heterocycles. The zero-order chi connectivity index (χ0) is 16.7. The Morgan fingerprint density at radius 3 is 2.39 bits per heavy atom. The van der Waals surface area contributed by atoms with Crippen LogP contribution in [0.15, 0.2) is 0 Å². The average molecular weight is 323 g/mol. The SMILES string of the molecule is CC1CCC(C)(CCCC2CCCC(CCN)C2)CC(CN)C1. The van der Waals surface area contributed by atoms with Crippen LogP contribution in [0.3, 0.4) is 0 Å². The van der Waals surface area contributed by atoms with E-state index < -0.39 is 0 Å². The van der Waals surface area contributed by atoms with Crippen molar-refractivity contribution in [2.45, 2.75) is 90.9 Å². The third-order valence-corrected chi connectivity index (χ3v) is 6.95. The second kappa shape index (κ2) is 9.42. The minimum absolute atomic E-state index is 0.556. The van der Waals surface area contributed by atoms with Gasteiger partial charge in [0.1, 0.15) is 0 Å². The van der Waals surface area contributed by atoms with E-state index in [0.717, 1.165) is 36.8 Å². The maximum atomic E-state index is 6.04. The van der Waals surface area contributed by atoms with Gasteiger partial charge in [-0.15, -0.1) is 0 Å². The lowest BCUT2D eigenvalue weighted by Gasteiger charge is -2.33. The maximum absolute atomic E-state index is 6.04. The van der Waals surface area contributed by atoms with Crippen molar-refractivity contribution in [1.29, 1.82) is 0 Å². The van der Waals surface area contributed by atoms with Crippen LogP contribution in [0.2, 0.25) is 0 Å². The first-order valence-corrected chi connectivity index (χ1v) is 10.4. The molecule has 5 unspecified atom stereocenters.